The number of para-hydroxylation sites is 1. The average molecular weight is 405 g/mol. The summed E-state index contributed by atoms with van der Waals surface area (Å²) >= 11 is 0. The van der Waals surface area contributed by atoms with Gasteiger partial charge in [-0.3, -0.25) is 4.79 Å². The number of anilines is 3. The Kier molecular flexibility index (Phi) is 4.94. The van der Waals surface area contributed by atoms with Gasteiger partial charge in [-0.15, -0.1) is 0 Å². The molecule has 0 spiro atoms. The molecule has 2 aromatic carbocycles. The normalized spacial score (nSPS) is 20.3. The fraction of sp³-hybridized carbons (Fsp3) is 0.480. The van der Waals surface area contributed by atoms with Gasteiger partial charge in [0.2, 0.25) is 0 Å². The van der Waals surface area contributed by atoms with Crippen molar-refractivity contribution in [2.24, 2.45) is 0 Å². The highest BCUT2D eigenvalue weighted by atomic mass is 16.2. The number of carbonyl (C=O) groups is 1. The summed E-state index contributed by atoms with van der Waals surface area (Å²) in [5.41, 5.74) is 6.45. The first-order chi connectivity index (χ1) is 14.5. The molecule has 0 aromatic heterocycles. The minimum atomic E-state index is -0.178. The molecule has 0 atom stereocenters. The van der Waals surface area contributed by atoms with Crippen LogP contribution in [0.25, 0.3) is 0 Å². The number of nitrogens with one attached hydrogen (secondary N) is 3. The van der Waals surface area contributed by atoms with E-state index in [0.717, 1.165) is 48.8 Å². The summed E-state index contributed by atoms with van der Waals surface area (Å²) in [5, 5.41) is 10.8. The molecule has 2 heterocycles. The first-order valence-electron chi connectivity index (χ1n) is 11.4. The largest absolute Gasteiger partial charge is 0.381 e. The van der Waals surface area contributed by atoms with Crippen LogP contribution in [-0.4, -0.2) is 43.0 Å². The lowest BCUT2D eigenvalue weighted by atomic mass is 9.73. The van der Waals surface area contributed by atoms with E-state index in [1.54, 1.807) is 0 Å². The summed E-state index contributed by atoms with van der Waals surface area (Å²) in [7, 11) is 0. The lowest BCUT2D eigenvalue weighted by molar-refractivity contribution is 0.0735. The second-order valence-electron chi connectivity index (χ2n) is 9.41. The molecule has 3 aliphatic rings. The fourth-order valence-electron chi connectivity index (χ4n) is 5.26. The maximum atomic E-state index is 13.4. The van der Waals surface area contributed by atoms with Crippen molar-refractivity contribution in [1.82, 2.24) is 10.2 Å². The topological polar surface area (TPSA) is 56.4 Å². The van der Waals surface area contributed by atoms with E-state index in [2.05, 4.69) is 66.2 Å². The number of hydrogen-bond donors (Lipinski definition) is 3. The van der Waals surface area contributed by atoms with Gasteiger partial charge in [-0.2, -0.15) is 0 Å². The highest BCUT2D eigenvalue weighted by molar-refractivity contribution is 5.98. The molecule has 2 aliphatic heterocycles. The SMILES string of the molecule is CC1(C)c2ccccc2Nc2c(NC3CCCC3)cc(C(=O)N3CCNCC3)cc21. The van der Waals surface area contributed by atoms with Crippen molar-refractivity contribution in [3.63, 3.8) is 0 Å². The zero-order valence-electron chi connectivity index (χ0n) is 18.1. The first kappa shape index (κ1) is 19.4. The van der Waals surface area contributed by atoms with E-state index in [1.807, 2.05) is 4.90 Å². The monoisotopic (exact) mass is 404 g/mol. The number of piperazine rings is 1. The quantitative estimate of drug-likeness (QED) is 0.707. The third-order valence-corrected chi connectivity index (χ3v) is 7.04. The minimum absolute atomic E-state index is 0.142. The fourth-order valence-corrected chi connectivity index (χ4v) is 5.26. The van der Waals surface area contributed by atoms with E-state index in [0.29, 0.717) is 6.04 Å². The Hall–Kier alpha value is -2.53. The average Bonchev–Trinajstić information content (AvgIpc) is 3.27. The van der Waals surface area contributed by atoms with Gasteiger partial charge in [0.25, 0.3) is 5.91 Å². The summed E-state index contributed by atoms with van der Waals surface area (Å²) in [6.45, 7) is 7.81. The van der Waals surface area contributed by atoms with Gasteiger partial charge in [0.05, 0.1) is 11.4 Å². The van der Waals surface area contributed by atoms with E-state index in [9.17, 15) is 4.79 Å². The van der Waals surface area contributed by atoms with Crippen molar-refractivity contribution in [2.75, 3.05) is 36.8 Å². The summed E-state index contributed by atoms with van der Waals surface area (Å²) in [6.07, 6.45) is 4.96. The number of nitrogens with zero attached hydrogens (tertiary/aromatic N) is 1. The molecule has 0 radical (unpaired) electrons. The predicted octanol–water partition coefficient (Wildman–Crippen LogP) is 4.47. The molecule has 1 saturated carbocycles. The number of rotatable bonds is 3. The van der Waals surface area contributed by atoms with Crippen LogP contribution in [0.1, 0.15) is 61.0 Å². The van der Waals surface area contributed by atoms with E-state index >= 15 is 0 Å². The Bertz CT molecular complexity index is 956. The summed E-state index contributed by atoms with van der Waals surface area (Å²) in [5.74, 6) is 0.142. The van der Waals surface area contributed by atoms with Crippen LogP contribution in [0.4, 0.5) is 17.1 Å². The van der Waals surface area contributed by atoms with Crippen LogP contribution in [-0.2, 0) is 5.41 Å². The Labute approximate surface area is 179 Å². The number of fused-ring (bicyclic) bond motifs is 2. The van der Waals surface area contributed by atoms with Crippen LogP contribution >= 0.6 is 0 Å². The van der Waals surface area contributed by atoms with Crippen molar-refractivity contribution in [3.8, 4) is 0 Å². The van der Waals surface area contributed by atoms with Crippen LogP contribution in [0.15, 0.2) is 36.4 Å². The van der Waals surface area contributed by atoms with Crippen molar-refractivity contribution in [3.05, 3.63) is 53.1 Å². The summed E-state index contributed by atoms with van der Waals surface area (Å²) in [6, 6.07) is 13.2. The van der Waals surface area contributed by atoms with Crippen molar-refractivity contribution in [1.29, 1.82) is 0 Å². The molecule has 1 saturated heterocycles. The third-order valence-electron chi connectivity index (χ3n) is 7.04. The molecule has 1 aliphatic carbocycles. The second kappa shape index (κ2) is 7.62. The minimum Gasteiger partial charge on any atom is -0.381 e. The molecule has 158 valence electrons. The Morgan fingerprint density at radius 1 is 1.07 bits per heavy atom. The smallest absolute Gasteiger partial charge is 0.254 e. The van der Waals surface area contributed by atoms with E-state index in [4.69, 9.17) is 0 Å². The Morgan fingerprint density at radius 2 is 1.80 bits per heavy atom. The second-order valence-corrected chi connectivity index (χ2v) is 9.41. The van der Waals surface area contributed by atoms with Crippen molar-refractivity contribution < 1.29 is 4.79 Å². The van der Waals surface area contributed by atoms with E-state index < -0.39 is 0 Å². The number of carbonyl (C=O) groups excluding carboxylic acids is 1. The molecule has 2 aromatic rings. The van der Waals surface area contributed by atoms with E-state index in [-0.39, 0.29) is 11.3 Å². The van der Waals surface area contributed by atoms with Crippen LogP contribution in [0, 0.1) is 0 Å². The molecule has 5 heteroatoms. The molecule has 1 amide bonds. The van der Waals surface area contributed by atoms with Crippen molar-refractivity contribution in [2.45, 2.75) is 51.0 Å². The number of amides is 1. The van der Waals surface area contributed by atoms with Crippen molar-refractivity contribution >= 4 is 23.0 Å². The maximum absolute atomic E-state index is 13.4. The molecular formula is C25H32N4O. The van der Waals surface area contributed by atoms with Gasteiger partial charge in [-0.05, 0) is 42.2 Å². The number of hydrogen-bond acceptors (Lipinski definition) is 4. The Morgan fingerprint density at radius 3 is 2.57 bits per heavy atom. The van der Waals surface area contributed by atoms with Gasteiger partial charge in [0, 0.05) is 48.9 Å². The van der Waals surface area contributed by atoms with Gasteiger partial charge >= 0.3 is 0 Å². The zero-order valence-corrected chi connectivity index (χ0v) is 18.1. The van der Waals surface area contributed by atoms with Crippen LogP contribution in [0.5, 0.6) is 0 Å². The molecule has 3 N–H and O–H groups in total. The standard InChI is InChI=1S/C25H32N4O/c1-25(2)19-9-5-6-10-21(19)28-23-20(25)15-17(24(30)29-13-11-26-12-14-29)16-22(23)27-18-7-3-4-8-18/h5-6,9-10,15-16,18,26-28H,3-4,7-8,11-14H2,1-2H3. The summed E-state index contributed by atoms with van der Waals surface area (Å²) < 4.78 is 0. The van der Waals surface area contributed by atoms with Gasteiger partial charge in [0.1, 0.15) is 0 Å². The zero-order chi connectivity index (χ0) is 20.7. The van der Waals surface area contributed by atoms with Crippen LogP contribution < -0.4 is 16.0 Å². The van der Waals surface area contributed by atoms with E-state index in [1.165, 1.54) is 36.8 Å². The lowest BCUT2D eigenvalue weighted by Gasteiger charge is -2.38. The maximum Gasteiger partial charge on any atom is 0.254 e. The Balaban J connectivity index is 1.60. The molecule has 5 nitrogen and oxygen atoms in total. The highest BCUT2D eigenvalue weighted by Gasteiger charge is 2.35. The molecule has 2 fully saturated rings. The highest BCUT2D eigenvalue weighted by Crippen LogP contribution is 2.48. The molecule has 0 bridgehead atoms. The number of benzene rings is 2. The third kappa shape index (κ3) is 3.35. The lowest BCUT2D eigenvalue weighted by Crippen LogP contribution is -2.46. The first-order valence-corrected chi connectivity index (χ1v) is 11.4. The molecule has 0 unspecified atom stereocenters. The van der Waals surface area contributed by atoms with Gasteiger partial charge < -0.3 is 20.9 Å². The van der Waals surface area contributed by atoms with Gasteiger partial charge in [0.15, 0.2) is 0 Å². The molecule has 5 rings (SSSR count). The van der Waals surface area contributed by atoms with Gasteiger partial charge in [-0.25, -0.2) is 0 Å². The van der Waals surface area contributed by atoms with Gasteiger partial charge in [-0.1, -0.05) is 44.9 Å². The molecular weight excluding hydrogens is 372 g/mol. The molecule has 30 heavy (non-hydrogen) atoms. The summed E-state index contributed by atoms with van der Waals surface area (Å²) in [4.78, 5) is 15.4. The van der Waals surface area contributed by atoms with Crippen LogP contribution in [0.3, 0.4) is 0 Å². The van der Waals surface area contributed by atoms with Crippen LogP contribution in [0.2, 0.25) is 0 Å². The predicted molar refractivity (Wildman–Crippen MR) is 123 cm³/mol.